The number of nitrogens with zero attached hydrogens (tertiary/aromatic N) is 1. The summed E-state index contributed by atoms with van der Waals surface area (Å²) in [5.74, 6) is -0.555. The SMILES string of the molecule is CCCCC/C=C\C/C=C\C/C=C\C/C=C\CCCCCCCC(=O)OC(/C=C\CCCCCCCCCCCC)C(COP(=O)([O-])OCC[N+](C)(C)C)NC(=O)CCCCCCCCCCCCCCCCC/C=C\C/C=C\CCCCC. The molecule has 0 saturated carbocycles. The van der Waals surface area contributed by atoms with E-state index in [-0.39, 0.29) is 24.9 Å². The number of carbonyl (C=O) groups excluding carboxylic acids is 2. The Morgan fingerprint density at radius 1 is 0.417 bits per heavy atom. The number of amides is 1. The van der Waals surface area contributed by atoms with Gasteiger partial charge in [0.15, 0.2) is 0 Å². The Labute approximate surface area is 520 Å². The summed E-state index contributed by atoms with van der Waals surface area (Å²) in [6.45, 7) is 6.80. The standard InChI is InChI=1S/C74H135N2O7P/c1-7-10-13-16-19-22-25-28-30-32-34-36-37-38-39-41-42-44-46-48-51-54-57-60-63-66-73(77)75-71(70-82-84(79,80)81-69-68-76(4,5)6)72(65-62-59-56-53-50-27-24-21-18-15-12-9-3)83-74(78)67-64-61-58-55-52-49-47-45-43-40-35-33-31-29-26-23-20-17-14-11-8-2/h19-20,22-23,28-31,35,40,45,47,62,65,71-72H,7-18,21,24-27,32-34,36-39,41-44,46,48-61,63-64,66-70H2,1-6H3,(H-,75,77,79,80)/b22-19-,23-20-,30-28-,31-29-,40-35-,47-45-,65-62-. The highest BCUT2D eigenvalue weighted by atomic mass is 31.2. The average molecular weight is 1200 g/mol. The predicted octanol–water partition coefficient (Wildman–Crippen LogP) is 21.9. The number of rotatable bonds is 64. The second kappa shape index (κ2) is 63.2. The Morgan fingerprint density at radius 3 is 1.11 bits per heavy atom. The molecule has 3 unspecified atom stereocenters. The molecule has 0 heterocycles. The van der Waals surface area contributed by atoms with Crippen molar-refractivity contribution < 1.29 is 37.3 Å². The highest BCUT2D eigenvalue weighted by molar-refractivity contribution is 7.45. The Balaban J connectivity index is 5.10. The van der Waals surface area contributed by atoms with E-state index in [2.05, 4.69) is 99.0 Å². The van der Waals surface area contributed by atoms with Crippen LogP contribution in [-0.2, 0) is 27.9 Å². The smallest absolute Gasteiger partial charge is 0.306 e. The van der Waals surface area contributed by atoms with Crippen molar-refractivity contribution in [2.45, 2.75) is 335 Å². The third kappa shape index (κ3) is 63.7. The van der Waals surface area contributed by atoms with Gasteiger partial charge in [-0.1, -0.05) is 286 Å². The number of allylic oxidation sites excluding steroid dienone is 13. The Hall–Kier alpha value is -2.81. The number of quaternary nitrogens is 1. The number of unbranched alkanes of at least 4 members (excludes halogenated alkanes) is 36. The zero-order valence-electron chi connectivity index (χ0n) is 55.8. The van der Waals surface area contributed by atoms with Crippen LogP contribution in [0.4, 0.5) is 0 Å². The van der Waals surface area contributed by atoms with Gasteiger partial charge in [0.05, 0.1) is 33.8 Å². The monoisotopic (exact) mass is 1200 g/mol. The Bertz CT molecular complexity index is 1710. The third-order valence-corrected chi connectivity index (χ3v) is 16.5. The van der Waals surface area contributed by atoms with Crippen molar-refractivity contribution in [3.05, 3.63) is 85.1 Å². The quantitative estimate of drug-likeness (QED) is 0.0212. The van der Waals surface area contributed by atoms with E-state index in [9.17, 15) is 19.0 Å². The first-order chi connectivity index (χ1) is 40.9. The molecule has 0 aromatic rings. The first-order valence-corrected chi connectivity index (χ1v) is 36.9. The van der Waals surface area contributed by atoms with E-state index in [1.165, 1.54) is 186 Å². The molecule has 0 aliphatic heterocycles. The molecule has 3 atom stereocenters. The number of hydrogen-bond donors (Lipinski definition) is 1. The van der Waals surface area contributed by atoms with Crippen LogP contribution in [0.1, 0.15) is 323 Å². The summed E-state index contributed by atoms with van der Waals surface area (Å²) in [4.78, 5) is 40.2. The molecule has 0 fully saturated rings. The molecule has 1 amide bonds. The van der Waals surface area contributed by atoms with E-state index >= 15 is 0 Å². The van der Waals surface area contributed by atoms with Crippen LogP contribution in [0.2, 0.25) is 0 Å². The molecule has 10 heteroatoms. The normalized spacial score (nSPS) is 14.0. The fourth-order valence-corrected chi connectivity index (χ4v) is 10.8. The molecular weight excluding hydrogens is 1060 g/mol. The molecule has 0 spiro atoms. The lowest BCUT2D eigenvalue weighted by molar-refractivity contribution is -0.870. The zero-order chi connectivity index (χ0) is 61.4. The van der Waals surface area contributed by atoms with Crippen LogP contribution in [0, 0.1) is 0 Å². The number of phosphoric ester groups is 1. The highest BCUT2D eigenvalue weighted by Gasteiger charge is 2.27. The lowest BCUT2D eigenvalue weighted by atomic mass is 10.0. The molecule has 0 aliphatic carbocycles. The number of ether oxygens (including phenoxy) is 1. The zero-order valence-corrected chi connectivity index (χ0v) is 56.7. The van der Waals surface area contributed by atoms with Gasteiger partial charge in [0.2, 0.25) is 5.91 Å². The summed E-state index contributed by atoms with van der Waals surface area (Å²) in [6.07, 6.45) is 84.1. The predicted molar refractivity (Wildman–Crippen MR) is 362 cm³/mol. The van der Waals surface area contributed by atoms with Gasteiger partial charge >= 0.3 is 5.97 Å². The highest BCUT2D eigenvalue weighted by Crippen LogP contribution is 2.38. The van der Waals surface area contributed by atoms with Crippen LogP contribution in [0.5, 0.6) is 0 Å². The molecule has 0 saturated heterocycles. The number of nitrogens with one attached hydrogen (secondary N) is 1. The maximum absolute atomic E-state index is 13.6. The second-order valence-corrected chi connectivity index (χ2v) is 26.4. The number of esters is 1. The van der Waals surface area contributed by atoms with Crippen LogP contribution >= 0.6 is 7.82 Å². The van der Waals surface area contributed by atoms with Gasteiger partial charge in [0.1, 0.15) is 19.3 Å². The Morgan fingerprint density at radius 2 is 0.726 bits per heavy atom. The molecule has 9 nitrogen and oxygen atoms in total. The van der Waals surface area contributed by atoms with E-state index in [0.29, 0.717) is 23.9 Å². The molecule has 0 aromatic carbocycles. The van der Waals surface area contributed by atoms with E-state index in [0.717, 1.165) is 96.3 Å². The van der Waals surface area contributed by atoms with Crippen molar-refractivity contribution >= 4 is 19.7 Å². The Kier molecular flexibility index (Phi) is 61.1. The molecule has 0 aromatic heterocycles. The topological polar surface area (TPSA) is 114 Å². The molecule has 0 bridgehead atoms. The lowest BCUT2D eigenvalue weighted by Gasteiger charge is -2.30. The fraction of sp³-hybridized carbons (Fsp3) is 0.784. The third-order valence-electron chi connectivity index (χ3n) is 15.5. The molecule has 84 heavy (non-hydrogen) atoms. The van der Waals surface area contributed by atoms with Crippen molar-refractivity contribution in [1.29, 1.82) is 0 Å². The molecular formula is C74H135N2O7P. The van der Waals surface area contributed by atoms with Crippen molar-refractivity contribution in [2.24, 2.45) is 0 Å². The van der Waals surface area contributed by atoms with E-state index in [1.54, 1.807) is 0 Å². The summed E-state index contributed by atoms with van der Waals surface area (Å²) in [5.41, 5.74) is 0. The molecule has 488 valence electrons. The summed E-state index contributed by atoms with van der Waals surface area (Å²) < 4.78 is 30.4. The molecule has 0 rings (SSSR count). The van der Waals surface area contributed by atoms with E-state index in [1.807, 2.05) is 33.3 Å². The minimum Gasteiger partial charge on any atom is -0.756 e. The number of carbonyl (C=O) groups is 2. The van der Waals surface area contributed by atoms with Crippen molar-refractivity contribution in [1.82, 2.24) is 5.32 Å². The second-order valence-electron chi connectivity index (χ2n) is 25.0. The number of likely N-dealkylation sites (N-methyl/N-ethyl adjacent to an activating group) is 1. The molecule has 1 N–H and O–H groups in total. The minimum atomic E-state index is -4.71. The van der Waals surface area contributed by atoms with Crippen molar-refractivity contribution in [3.63, 3.8) is 0 Å². The minimum absolute atomic E-state index is 0.0278. The maximum atomic E-state index is 13.6. The number of phosphoric acid groups is 1. The summed E-state index contributed by atoms with van der Waals surface area (Å²) in [5, 5.41) is 3.04. The average Bonchev–Trinajstić information content (AvgIpc) is 3.65. The number of hydrogen-bond acceptors (Lipinski definition) is 7. The maximum Gasteiger partial charge on any atom is 0.306 e. The van der Waals surface area contributed by atoms with Gasteiger partial charge in [-0.25, -0.2) is 0 Å². The summed E-state index contributed by atoms with van der Waals surface area (Å²) in [7, 11) is 1.17. The van der Waals surface area contributed by atoms with Crippen LogP contribution < -0.4 is 10.2 Å². The van der Waals surface area contributed by atoms with Crippen LogP contribution in [0.3, 0.4) is 0 Å². The van der Waals surface area contributed by atoms with Gasteiger partial charge in [-0.15, -0.1) is 0 Å². The first kappa shape index (κ1) is 81.2. The van der Waals surface area contributed by atoms with E-state index < -0.39 is 26.6 Å². The molecule has 0 aliphatic rings. The fourth-order valence-electron chi connectivity index (χ4n) is 10.1. The summed E-state index contributed by atoms with van der Waals surface area (Å²) >= 11 is 0. The largest absolute Gasteiger partial charge is 0.756 e. The van der Waals surface area contributed by atoms with E-state index in [4.69, 9.17) is 13.8 Å². The summed E-state index contributed by atoms with van der Waals surface area (Å²) in [6, 6.07) is -0.900. The van der Waals surface area contributed by atoms with Gasteiger partial charge in [-0.2, -0.15) is 0 Å². The first-order valence-electron chi connectivity index (χ1n) is 35.4. The van der Waals surface area contributed by atoms with Crippen molar-refractivity contribution in [3.8, 4) is 0 Å². The van der Waals surface area contributed by atoms with Crippen molar-refractivity contribution in [2.75, 3.05) is 40.9 Å². The van der Waals surface area contributed by atoms with Gasteiger partial charge in [-0.05, 0) is 109 Å². The lowest BCUT2D eigenvalue weighted by Crippen LogP contribution is -2.47. The van der Waals surface area contributed by atoms with Crippen LogP contribution in [-0.4, -0.2) is 69.4 Å². The van der Waals surface area contributed by atoms with Gasteiger partial charge in [0, 0.05) is 12.8 Å². The molecule has 0 radical (unpaired) electrons. The van der Waals surface area contributed by atoms with Crippen LogP contribution in [0.25, 0.3) is 0 Å². The van der Waals surface area contributed by atoms with Gasteiger partial charge < -0.3 is 28.5 Å². The van der Waals surface area contributed by atoms with Gasteiger partial charge in [0.25, 0.3) is 7.82 Å². The van der Waals surface area contributed by atoms with Gasteiger partial charge in [-0.3, -0.25) is 14.2 Å². The van der Waals surface area contributed by atoms with Crippen LogP contribution in [0.15, 0.2) is 85.1 Å².